The fourth-order valence-corrected chi connectivity index (χ4v) is 5.32. The average Bonchev–Trinajstić information content (AvgIpc) is 3.28. The zero-order valence-corrected chi connectivity index (χ0v) is 15.1. The van der Waals surface area contributed by atoms with Crippen molar-refractivity contribution in [2.24, 2.45) is 5.92 Å². The molecule has 4 rings (SSSR count). The molecule has 2 atom stereocenters. The lowest BCUT2D eigenvalue weighted by Crippen LogP contribution is -2.53. The number of rotatable bonds is 3. The molecule has 1 aliphatic carbocycles. The van der Waals surface area contributed by atoms with Gasteiger partial charge in [0, 0.05) is 5.38 Å². The SMILES string of the molecule is C[C@H]1CCCC[C@@]12NC(=O)N(Cc1csc(-c3cccs3)n1)C2=O. The van der Waals surface area contributed by atoms with Crippen LogP contribution in [-0.2, 0) is 11.3 Å². The third-order valence-electron chi connectivity index (χ3n) is 5.11. The molecule has 0 unspecified atom stereocenters. The summed E-state index contributed by atoms with van der Waals surface area (Å²) in [5.74, 6) is 0.107. The molecular weight excluding hydrogens is 342 g/mol. The normalized spacial score (nSPS) is 27.0. The molecule has 0 radical (unpaired) electrons. The maximum atomic E-state index is 13.0. The largest absolute Gasteiger partial charge is 0.325 e. The number of nitrogens with zero attached hydrogens (tertiary/aromatic N) is 2. The summed E-state index contributed by atoms with van der Waals surface area (Å²) in [5.41, 5.74) is 0.0782. The Balaban J connectivity index is 1.55. The standard InChI is InChI=1S/C17H19N3O2S2/c1-11-5-2-3-7-17(11)15(21)20(16(22)19-17)9-12-10-24-14(18-12)13-6-4-8-23-13/h4,6,8,10-11H,2-3,5,7,9H2,1H3,(H,19,22)/t11-,17+/m0/s1. The van der Waals surface area contributed by atoms with Gasteiger partial charge < -0.3 is 5.32 Å². The smallest absolute Gasteiger partial charge is 0.323 e. The molecular formula is C17H19N3O2S2. The van der Waals surface area contributed by atoms with Crippen molar-refractivity contribution in [1.82, 2.24) is 15.2 Å². The van der Waals surface area contributed by atoms with Crippen molar-refractivity contribution >= 4 is 34.6 Å². The number of hydrogen-bond donors (Lipinski definition) is 1. The van der Waals surface area contributed by atoms with Gasteiger partial charge >= 0.3 is 6.03 Å². The van der Waals surface area contributed by atoms with Crippen LogP contribution in [0.2, 0.25) is 0 Å². The number of thiophene rings is 1. The Morgan fingerprint density at radius 2 is 2.25 bits per heavy atom. The summed E-state index contributed by atoms with van der Waals surface area (Å²) in [7, 11) is 0. The Morgan fingerprint density at radius 1 is 1.38 bits per heavy atom. The summed E-state index contributed by atoms with van der Waals surface area (Å²) in [6, 6.07) is 3.74. The van der Waals surface area contributed by atoms with E-state index in [0.717, 1.165) is 41.3 Å². The molecule has 3 amide bonds. The van der Waals surface area contributed by atoms with Crippen LogP contribution < -0.4 is 5.32 Å². The first kappa shape index (κ1) is 15.8. The van der Waals surface area contributed by atoms with E-state index in [1.165, 1.54) is 4.90 Å². The van der Waals surface area contributed by atoms with Crippen molar-refractivity contribution < 1.29 is 9.59 Å². The first-order chi connectivity index (χ1) is 11.6. The molecule has 0 aromatic carbocycles. The van der Waals surface area contributed by atoms with Crippen LogP contribution >= 0.6 is 22.7 Å². The minimum absolute atomic E-state index is 0.0784. The molecule has 24 heavy (non-hydrogen) atoms. The van der Waals surface area contributed by atoms with Crippen molar-refractivity contribution in [3.8, 4) is 9.88 Å². The molecule has 1 saturated heterocycles. The van der Waals surface area contributed by atoms with Crippen molar-refractivity contribution in [3.05, 3.63) is 28.6 Å². The van der Waals surface area contributed by atoms with E-state index in [9.17, 15) is 9.59 Å². The second-order valence-corrected chi connectivity index (χ2v) is 8.37. The predicted octanol–water partition coefficient (Wildman–Crippen LogP) is 3.87. The molecule has 2 aliphatic rings. The van der Waals surface area contributed by atoms with Crippen LogP contribution in [0.25, 0.3) is 9.88 Å². The minimum atomic E-state index is -0.693. The van der Waals surface area contributed by atoms with E-state index < -0.39 is 5.54 Å². The van der Waals surface area contributed by atoms with Gasteiger partial charge in [-0.05, 0) is 30.2 Å². The zero-order chi connectivity index (χ0) is 16.7. The van der Waals surface area contributed by atoms with Crippen molar-refractivity contribution in [1.29, 1.82) is 0 Å². The highest BCUT2D eigenvalue weighted by molar-refractivity contribution is 7.20. The lowest BCUT2D eigenvalue weighted by atomic mass is 9.73. The van der Waals surface area contributed by atoms with Gasteiger partial charge in [-0.25, -0.2) is 9.78 Å². The van der Waals surface area contributed by atoms with Gasteiger partial charge in [-0.15, -0.1) is 22.7 Å². The Hall–Kier alpha value is -1.73. The number of nitrogens with one attached hydrogen (secondary N) is 1. The molecule has 0 bridgehead atoms. The van der Waals surface area contributed by atoms with Crippen LogP contribution in [0.15, 0.2) is 22.9 Å². The molecule has 126 valence electrons. The van der Waals surface area contributed by atoms with Gasteiger partial charge in [0.25, 0.3) is 5.91 Å². The number of hydrogen-bond acceptors (Lipinski definition) is 5. The number of urea groups is 1. The van der Waals surface area contributed by atoms with Crippen molar-refractivity contribution in [2.75, 3.05) is 0 Å². The third-order valence-corrected chi connectivity index (χ3v) is 7.04. The topological polar surface area (TPSA) is 62.3 Å². The molecule has 1 spiro atoms. The number of thiazole rings is 1. The van der Waals surface area contributed by atoms with Gasteiger partial charge in [0.2, 0.25) is 0 Å². The summed E-state index contributed by atoms with van der Waals surface area (Å²) >= 11 is 3.19. The van der Waals surface area contributed by atoms with Gasteiger partial charge in [-0.2, -0.15) is 0 Å². The van der Waals surface area contributed by atoms with Gasteiger partial charge in [-0.3, -0.25) is 9.69 Å². The van der Waals surface area contributed by atoms with Crippen LogP contribution in [0, 0.1) is 5.92 Å². The Labute approximate surface area is 148 Å². The van der Waals surface area contributed by atoms with Gasteiger partial charge in [0.15, 0.2) is 0 Å². The van der Waals surface area contributed by atoms with Crippen molar-refractivity contribution in [2.45, 2.75) is 44.7 Å². The second kappa shape index (κ2) is 5.97. The van der Waals surface area contributed by atoms with E-state index >= 15 is 0 Å². The molecule has 1 N–H and O–H groups in total. The maximum absolute atomic E-state index is 13.0. The lowest BCUT2D eigenvalue weighted by Gasteiger charge is -2.36. The number of aromatic nitrogens is 1. The molecule has 2 aromatic heterocycles. The Bertz CT molecular complexity index is 771. The number of carbonyl (C=O) groups is 2. The molecule has 1 saturated carbocycles. The molecule has 2 fully saturated rings. The summed E-state index contributed by atoms with van der Waals surface area (Å²) in [4.78, 5) is 32.4. The highest BCUT2D eigenvalue weighted by atomic mass is 32.1. The van der Waals surface area contributed by atoms with E-state index in [-0.39, 0.29) is 24.4 Å². The van der Waals surface area contributed by atoms with Crippen molar-refractivity contribution in [3.63, 3.8) is 0 Å². The number of carbonyl (C=O) groups excluding carboxylic acids is 2. The van der Waals surface area contributed by atoms with Crippen LogP contribution in [0.1, 0.15) is 38.3 Å². The number of amides is 3. The lowest BCUT2D eigenvalue weighted by molar-refractivity contribution is -0.134. The first-order valence-electron chi connectivity index (χ1n) is 8.22. The highest BCUT2D eigenvalue weighted by Gasteiger charge is 2.54. The monoisotopic (exact) mass is 361 g/mol. The number of imide groups is 1. The average molecular weight is 361 g/mol. The Kier molecular flexibility index (Phi) is 3.92. The van der Waals surface area contributed by atoms with E-state index in [4.69, 9.17) is 0 Å². The fourth-order valence-electron chi connectivity index (χ4n) is 3.69. The van der Waals surface area contributed by atoms with Crippen LogP contribution in [0.3, 0.4) is 0 Å². The van der Waals surface area contributed by atoms with Crippen LogP contribution in [0.4, 0.5) is 4.79 Å². The second-order valence-electron chi connectivity index (χ2n) is 6.56. The quantitative estimate of drug-likeness (QED) is 0.844. The van der Waals surface area contributed by atoms with Gasteiger partial charge in [0.05, 0.1) is 17.1 Å². The minimum Gasteiger partial charge on any atom is -0.323 e. The fraction of sp³-hybridized carbons (Fsp3) is 0.471. The first-order valence-corrected chi connectivity index (χ1v) is 9.98. The molecule has 2 aromatic rings. The summed E-state index contributed by atoms with van der Waals surface area (Å²) in [6.07, 6.45) is 3.84. The Morgan fingerprint density at radius 3 is 3.00 bits per heavy atom. The van der Waals surface area contributed by atoms with Gasteiger partial charge in [0.1, 0.15) is 10.5 Å². The molecule has 1 aliphatic heterocycles. The molecule has 5 nitrogen and oxygen atoms in total. The maximum Gasteiger partial charge on any atom is 0.325 e. The van der Waals surface area contributed by atoms with Crippen LogP contribution in [0.5, 0.6) is 0 Å². The van der Waals surface area contributed by atoms with E-state index in [1.807, 2.05) is 22.9 Å². The third kappa shape index (κ3) is 2.46. The zero-order valence-electron chi connectivity index (χ0n) is 13.4. The van der Waals surface area contributed by atoms with E-state index in [1.54, 1.807) is 22.7 Å². The van der Waals surface area contributed by atoms with Crippen LogP contribution in [-0.4, -0.2) is 27.4 Å². The van der Waals surface area contributed by atoms with E-state index in [2.05, 4.69) is 17.2 Å². The summed E-state index contributed by atoms with van der Waals surface area (Å²) in [5, 5.41) is 7.88. The summed E-state index contributed by atoms with van der Waals surface area (Å²) < 4.78 is 0. The van der Waals surface area contributed by atoms with Gasteiger partial charge in [-0.1, -0.05) is 25.8 Å². The molecule has 3 heterocycles. The highest BCUT2D eigenvalue weighted by Crippen LogP contribution is 2.38. The predicted molar refractivity (Wildman–Crippen MR) is 94.9 cm³/mol. The van der Waals surface area contributed by atoms with E-state index in [0.29, 0.717) is 0 Å². The molecule has 7 heteroatoms. The summed E-state index contributed by atoms with van der Waals surface area (Å²) in [6.45, 7) is 2.32.